The fourth-order valence-electron chi connectivity index (χ4n) is 2.79. The highest BCUT2D eigenvalue weighted by atomic mass is 32.2. The minimum Gasteiger partial charge on any atom is -0.544 e. The molecule has 1 aliphatic rings. The van der Waals surface area contributed by atoms with E-state index in [0.29, 0.717) is 29.6 Å². The van der Waals surface area contributed by atoms with Crippen LogP contribution in [0.25, 0.3) is 0 Å². The molecular weight excluding hydrogens is 386 g/mol. The van der Waals surface area contributed by atoms with E-state index in [1.807, 2.05) is 19.1 Å². The molecule has 150 valence electrons. The van der Waals surface area contributed by atoms with Crippen LogP contribution in [-0.4, -0.2) is 37.4 Å². The molecule has 0 radical (unpaired) electrons. The molecule has 0 amide bonds. The van der Waals surface area contributed by atoms with Gasteiger partial charge in [-0.05, 0) is 37.3 Å². The van der Waals surface area contributed by atoms with Gasteiger partial charge in [-0.25, -0.2) is 4.79 Å². The summed E-state index contributed by atoms with van der Waals surface area (Å²) in [4.78, 5) is 22.5. The number of quaternary nitrogens is 1. The molecule has 28 heavy (non-hydrogen) atoms. The van der Waals surface area contributed by atoms with E-state index in [1.54, 1.807) is 29.2 Å². The van der Waals surface area contributed by atoms with Crippen LogP contribution in [0.1, 0.15) is 34.2 Å². The van der Waals surface area contributed by atoms with Gasteiger partial charge >= 0.3 is 5.97 Å². The molecule has 8 nitrogen and oxygen atoms in total. The highest BCUT2D eigenvalue weighted by Crippen LogP contribution is 2.35. The summed E-state index contributed by atoms with van der Waals surface area (Å²) >= 11 is 1.55. The smallest absolute Gasteiger partial charge is 0.373 e. The van der Waals surface area contributed by atoms with Crippen LogP contribution in [0, 0.1) is 0 Å². The number of ether oxygens (including phenoxy) is 3. The Hall–Kier alpha value is -2.65. The summed E-state index contributed by atoms with van der Waals surface area (Å²) in [6.07, 6.45) is 0. The summed E-state index contributed by atoms with van der Waals surface area (Å²) in [6.45, 7) is 2.44. The first kappa shape index (κ1) is 20.1. The summed E-state index contributed by atoms with van der Waals surface area (Å²) in [7, 11) is 1.28. The van der Waals surface area contributed by atoms with Gasteiger partial charge in [0.25, 0.3) is 0 Å². The SMILES string of the molecule is CCOc1cc([C@H]2[NH2+][C@H](C(=O)[O-])CS2)ccc1OCc1ccc(C(=O)OC)o1. The van der Waals surface area contributed by atoms with Crippen molar-refractivity contribution in [1.29, 1.82) is 0 Å². The summed E-state index contributed by atoms with van der Waals surface area (Å²) < 4.78 is 21.5. The van der Waals surface area contributed by atoms with Gasteiger partial charge in [0.1, 0.15) is 24.4 Å². The molecule has 1 fully saturated rings. The van der Waals surface area contributed by atoms with Crippen LogP contribution >= 0.6 is 11.8 Å². The molecule has 1 aromatic heterocycles. The third-order valence-electron chi connectivity index (χ3n) is 4.18. The van der Waals surface area contributed by atoms with Gasteiger partial charge in [0, 0.05) is 5.56 Å². The van der Waals surface area contributed by atoms with Crippen LogP contribution in [0.4, 0.5) is 0 Å². The monoisotopic (exact) mass is 407 g/mol. The average Bonchev–Trinajstić information content (AvgIpc) is 3.36. The van der Waals surface area contributed by atoms with Crippen molar-refractivity contribution in [3.63, 3.8) is 0 Å². The average molecular weight is 407 g/mol. The van der Waals surface area contributed by atoms with Crippen molar-refractivity contribution in [3.05, 3.63) is 47.4 Å². The van der Waals surface area contributed by atoms with Gasteiger partial charge in [-0.2, -0.15) is 0 Å². The second-order valence-corrected chi connectivity index (χ2v) is 7.23. The minimum atomic E-state index is -1.05. The molecule has 2 atom stereocenters. The van der Waals surface area contributed by atoms with Crippen molar-refractivity contribution in [2.75, 3.05) is 19.5 Å². The molecule has 0 bridgehead atoms. The first-order valence-corrected chi connectivity index (χ1v) is 9.80. The molecule has 2 heterocycles. The molecule has 1 aromatic carbocycles. The van der Waals surface area contributed by atoms with Crippen LogP contribution in [0.2, 0.25) is 0 Å². The zero-order valence-electron chi connectivity index (χ0n) is 15.5. The fraction of sp³-hybridized carbons (Fsp3) is 0.368. The van der Waals surface area contributed by atoms with Crippen LogP contribution in [-0.2, 0) is 16.1 Å². The number of furan rings is 1. The van der Waals surface area contributed by atoms with Gasteiger partial charge in [0.15, 0.2) is 16.9 Å². The largest absolute Gasteiger partial charge is 0.544 e. The number of methoxy groups -OCH3 is 1. The molecule has 0 saturated carbocycles. The predicted molar refractivity (Wildman–Crippen MR) is 97.9 cm³/mol. The Morgan fingerprint density at radius 3 is 2.75 bits per heavy atom. The zero-order chi connectivity index (χ0) is 20.1. The first-order valence-electron chi connectivity index (χ1n) is 8.75. The predicted octanol–water partition coefficient (Wildman–Crippen LogP) is 0.471. The fourth-order valence-corrected chi connectivity index (χ4v) is 4.09. The Labute approximate surface area is 166 Å². The molecule has 9 heteroatoms. The zero-order valence-corrected chi connectivity index (χ0v) is 16.3. The second kappa shape index (κ2) is 9.03. The number of aliphatic carboxylic acids is 1. The van der Waals surface area contributed by atoms with E-state index in [1.165, 1.54) is 13.2 Å². The number of hydrogen-bond donors (Lipinski definition) is 1. The van der Waals surface area contributed by atoms with Crippen molar-refractivity contribution < 1.29 is 38.6 Å². The lowest BCUT2D eigenvalue weighted by Crippen LogP contribution is -2.90. The Kier molecular flexibility index (Phi) is 6.48. The number of thioether (sulfide) groups is 1. The van der Waals surface area contributed by atoms with E-state index < -0.39 is 18.0 Å². The molecule has 1 aliphatic heterocycles. The van der Waals surface area contributed by atoms with Crippen molar-refractivity contribution in [2.24, 2.45) is 0 Å². The number of esters is 1. The van der Waals surface area contributed by atoms with Gasteiger partial charge in [-0.15, -0.1) is 0 Å². The van der Waals surface area contributed by atoms with Gasteiger partial charge in [-0.1, -0.05) is 11.8 Å². The highest BCUT2D eigenvalue weighted by Gasteiger charge is 2.31. The van der Waals surface area contributed by atoms with Crippen LogP contribution in [0.5, 0.6) is 11.5 Å². The van der Waals surface area contributed by atoms with Gasteiger partial charge in [0.2, 0.25) is 5.76 Å². The highest BCUT2D eigenvalue weighted by molar-refractivity contribution is 7.99. The lowest BCUT2D eigenvalue weighted by atomic mass is 10.2. The number of nitrogens with two attached hydrogens (primary N) is 1. The molecule has 0 unspecified atom stereocenters. The Balaban J connectivity index is 1.70. The van der Waals surface area contributed by atoms with Crippen LogP contribution < -0.4 is 19.9 Å². The number of hydrogen-bond acceptors (Lipinski definition) is 8. The Bertz CT molecular complexity index is 851. The standard InChI is InChI=1S/C19H21NO7S/c1-3-25-16-8-11(17-20-13(10-28-17)18(21)22)4-6-14(16)26-9-12-5-7-15(27-12)19(23)24-2/h4-8,13,17,20H,3,9-10H2,1-2H3,(H,21,22)/t13-,17-/m0/s1. The number of carboxylic acids is 1. The molecule has 2 aromatic rings. The summed E-state index contributed by atoms with van der Waals surface area (Å²) in [5.74, 6) is 0.569. The maximum atomic E-state index is 11.4. The molecule has 0 aliphatic carbocycles. The molecule has 3 rings (SSSR count). The quantitative estimate of drug-likeness (QED) is 0.628. The van der Waals surface area contributed by atoms with Crippen molar-refractivity contribution >= 4 is 23.7 Å². The summed E-state index contributed by atoms with van der Waals surface area (Å²) in [5.41, 5.74) is 0.940. The van der Waals surface area contributed by atoms with Crippen molar-refractivity contribution in [3.8, 4) is 11.5 Å². The summed E-state index contributed by atoms with van der Waals surface area (Å²) in [6, 6.07) is 8.14. The maximum absolute atomic E-state index is 11.4. The second-order valence-electron chi connectivity index (χ2n) is 6.06. The number of carbonyl (C=O) groups excluding carboxylic acids is 2. The van der Waals surface area contributed by atoms with Gasteiger partial charge in [0.05, 0.1) is 19.5 Å². The van der Waals surface area contributed by atoms with E-state index in [9.17, 15) is 14.7 Å². The molecular formula is C19H21NO7S. The number of benzene rings is 1. The Morgan fingerprint density at radius 1 is 1.25 bits per heavy atom. The van der Waals surface area contributed by atoms with Crippen molar-refractivity contribution in [2.45, 2.75) is 24.9 Å². The normalized spacial score (nSPS) is 18.6. The lowest BCUT2D eigenvalue weighted by molar-refractivity contribution is -0.690. The molecule has 1 saturated heterocycles. The van der Waals surface area contributed by atoms with E-state index in [4.69, 9.17) is 13.9 Å². The number of rotatable bonds is 8. The number of carboxylic acid groups (broad SMARTS) is 1. The van der Waals surface area contributed by atoms with Gasteiger partial charge < -0.3 is 33.8 Å². The molecule has 0 spiro atoms. The minimum absolute atomic E-state index is 0.0381. The van der Waals surface area contributed by atoms with Crippen molar-refractivity contribution in [1.82, 2.24) is 0 Å². The topological polar surface area (TPSA) is 115 Å². The van der Waals surface area contributed by atoms with E-state index in [2.05, 4.69) is 4.74 Å². The number of carbonyl (C=O) groups is 2. The van der Waals surface area contributed by atoms with E-state index in [0.717, 1.165) is 5.56 Å². The first-order chi connectivity index (χ1) is 13.5. The third kappa shape index (κ3) is 4.60. The summed E-state index contributed by atoms with van der Waals surface area (Å²) in [5, 5.41) is 12.8. The third-order valence-corrected chi connectivity index (χ3v) is 5.52. The van der Waals surface area contributed by atoms with Gasteiger partial charge in [-0.3, -0.25) is 0 Å². The molecule has 2 N–H and O–H groups in total. The van der Waals surface area contributed by atoms with E-state index >= 15 is 0 Å². The maximum Gasteiger partial charge on any atom is 0.373 e. The lowest BCUT2D eigenvalue weighted by Gasteiger charge is -2.15. The Morgan fingerprint density at radius 2 is 2.07 bits per heavy atom. The van der Waals surface area contributed by atoms with E-state index in [-0.39, 0.29) is 17.7 Å². The van der Waals surface area contributed by atoms with Crippen LogP contribution in [0.15, 0.2) is 34.7 Å². The van der Waals surface area contributed by atoms with Crippen LogP contribution in [0.3, 0.4) is 0 Å².